The van der Waals surface area contributed by atoms with Gasteiger partial charge in [0.25, 0.3) is 5.91 Å². The smallest absolute Gasteiger partial charge is 0.254 e. The molecule has 1 amide bonds. The molecule has 1 saturated heterocycles. The van der Waals surface area contributed by atoms with Crippen molar-refractivity contribution in [3.8, 4) is 11.5 Å². The van der Waals surface area contributed by atoms with E-state index in [1.807, 2.05) is 30.1 Å². The predicted molar refractivity (Wildman–Crippen MR) is 126 cm³/mol. The number of hydrogen-bond donors (Lipinski definition) is 2. The Morgan fingerprint density at radius 2 is 1.84 bits per heavy atom. The summed E-state index contributed by atoms with van der Waals surface area (Å²) in [6.45, 7) is 0.773. The van der Waals surface area contributed by atoms with E-state index in [1.54, 1.807) is 32.4 Å². The number of hydrogen-bond acceptors (Lipinski definition) is 4. The fourth-order valence-corrected chi connectivity index (χ4v) is 4.65. The van der Waals surface area contributed by atoms with Gasteiger partial charge in [0.15, 0.2) is 11.5 Å². The van der Waals surface area contributed by atoms with Crippen molar-refractivity contribution in [2.75, 3.05) is 20.8 Å². The van der Waals surface area contributed by atoms with Crippen molar-refractivity contribution >= 4 is 22.6 Å². The number of rotatable bonds is 7. The minimum Gasteiger partial charge on any atom is -0.493 e. The molecular weight excluding hydrogens is 404 g/mol. The Morgan fingerprint density at radius 1 is 1.09 bits per heavy atom. The average molecular weight is 435 g/mol. The molecule has 0 saturated carbocycles. The number of fused-ring (bicyclic) bond motifs is 1. The van der Waals surface area contributed by atoms with E-state index >= 15 is 0 Å². The fourth-order valence-electron chi connectivity index (χ4n) is 4.65. The zero-order chi connectivity index (χ0) is 22.8. The number of carbonyl (C=O) groups excluding carboxylic acids is 1. The number of likely N-dealkylation sites (tertiary alicyclic amines) is 1. The number of nitrogens with zero attached hydrogens (tertiary/aromatic N) is 2. The maximum atomic E-state index is 13.2. The number of methoxy groups -OCH3 is 2. The van der Waals surface area contributed by atoms with E-state index < -0.39 is 0 Å². The van der Waals surface area contributed by atoms with E-state index in [9.17, 15) is 4.79 Å². The van der Waals surface area contributed by atoms with Gasteiger partial charge in [-0.2, -0.15) is 0 Å². The van der Waals surface area contributed by atoms with Crippen LogP contribution in [0.4, 0.5) is 0 Å². The molecule has 0 aliphatic carbocycles. The quantitative estimate of drug-likeness (QED) is 0.438. The minimum atomic E-state index is 0.0385. The van der Waals surface area contributed by atoms with Crippen LogP contribution < -0.4 is 15.2 Å². The maximum absolute atomic E-state index is 13.2. The number of amides is 1. The monoisotopic (exact) mass is 434 g/mol. The Hall–Kier alpha value is -3.48. The van der Waals surface area contributed by atoms with Crippen molar-refractivity contribution < 1.29 is 14.3 Å². The third-order valence-electron chi connectivity index (χ3n) is 6.46. The summed E-state index contributed by atoms with van der Waals surface area (Å²) in [4.78, 5) is 15.2. The summed E-state index contributed by atoms with van der Waals surface area (Å²) in [6.07, 6.45) is 3.81. The lowest BCUT2D eigenvalue weighted by Crippen LogP contribution is -2.35. The number of aromatic nitrogens is 1. The van der Waals surface area contributed by atoms with E-state index in [1.165, 1.54) is 5.69 Å². The summed E-state index contributed by atoms with van der Waals surface area (Å²) in [5.74, 6) is 1.29. The molecule has 0 radical (unpaired) electrons. The largest absolute Gasteiger partial charge is 0.493 e. The zero-order valence-electron chi connectivity index (χ0n) is 18.9. The van der Waals surface area contributed by atoms with Crippen molar-refractivity contribution in [3.63, 3.8) is 0 Å². The van der Waals surface area contributed by atoms with E-state index in [0.717, 1.165) is 48.7 Å². The Balaban J connectivity index is 1.49. The second kappa shape index (κ2) is 8.94. The third-order valence-corrected chi connectivity index (χ3v) is 6.46. The summed E-state index contributed by atoms with van der Waals surface area (Å²) >= 11 is 0. The van der Waals surface area contributed by atoms with Crippen LogP contribution in [-0.2, 0) is 13.5 Å². The van der Waals surface area contributed by atoms with Crippen LogP contribution in [0.5, 0.6) is 11.5 Å². The number of ether oxygens (including phenoxy) is 2. The first-order valence-corrected chi connectivity index (χ1v) is 10.9. The van der Waals surface area contributed by atoms with Gasteiger partial charge in [-0.15, -0.1) is 0 Å². The number of nitrogens with one attached hydrogen (secondary N) is 1. The predicted octanol–water partition coefficient (Wildman–Crippen LogP) is 3.72. The molecule has 32 heavy (non-hydrogen) atoms. The van der Waals surface area contributed by atoms with Crippen LogP contribution in [0.3, 0.4) is 0 Å². The van der Waals surface area contributed by atoms with Crippen LogP contribution in [-0.4, -0.2) is 48.0 Å². The standard InChI is InChI=1S/C25H30N4O3/c1-28-20(13-16-6-7-17(24(26)27)14-21(16)28)10-9-19-5-4-12-29(19)25(30)18-8-11-22(31-2)23(15-18)32-3/h6-8,11,13-15,19H,4-5,9-10,12H2,1-3H3,(H3,26,27). The van der Waals surface area contributed by atoms with E-state index in [-0.39, 0.29) is 17.8 Å². The highest BCUT2D eigenvalue weighted by Crippen LogP contribution is 2.30. The number of aryl methyl sites for hydroxylation is 2. The molecule has 2 aromatic carbocycles. The Labute approximate surface area is 188 Å². The van der Waals surface area contributed by atoms with Crippen molar-refractivity contribution in [1.29, 1.82) is 5.41 Å². The molecular formula is C25H30N4O3. The molecule has 3 aromatic rings. The molecule has 7 nitrogen and oxygen atoms in total. The van der Waals surface area contributed by atoms with Crippen LogP contribution in [0.25, 0.3) is 10.9 Å². The number of benzene rings is 2. The fraction of sp³-hybridized carbons (Fsp3) is 0.360. The van der Waals surface area contributed by atoms with Crippen LogP contribution in [0.15, 0.2) is 42.5 Å². The molecule has 0 bridgehead atoms. The highest BCUT2D eigenvalue weighted by Gasteiger charge is 2.30. The molecule has 3 N–H and O–H groups in total. The summed E-state index contributed by atoms with van der Waals surface area (Å²) in [5.41, 5.74) is 9.28. The number of amidine groups is 1. The van der Waals surface area contributed by atoms with Crippen LogP contribution in [0.2, 0.25) is 0 Å². The van der Waals surface area contributed by atoms with Crippen molar-refractivity contribution in [1.82, 2.24) is 9.47 Å². The SMILES string of the molecule is COc1ccc(C(=O)N2CCCC2CCc2cc3ccc(C(=N)N)cc3n2C)cc1OC. The van der Waals surface area contributed by atoms with Crippen LogP contribution in [0, 0.1) is 5.41 Å². The number of nitrogens with two attached hydrogens (primary N) is 1. The lowest BCUT2D eigenvalue weighted by Gasteiger charge is -2.25. The molecule has 0 spiro atoms. The molecule has 7 heteroatoms. The van der Waals surface area contributed by atoms with Gasteiger partial charge >= 0.3 is 0 Å². The summed E-state index contributed by atoms with van der Waals surface area (Å²) in [5, 5.41) is 8.82. The molecule has 4 rings (SSSR count). The van der Waals surface area contributed by atoms with Gasteiger partial charge in [0.05, 0.1) is 14.2 Å². The average Bonchev–Trinajstić information content (AvgIpc) is 3.40. The van der Waals surface area contributed by atoms with Crippen molar-refractivity contribution in [2.24, 2.45) is 12.8 Å². The van der Waals surface area contributed by atoms with Gasteiger partial charge in [-0.05, 0) is 61.4 Å². The molecule has 1 unspecified atom stereocenters. The maximum Gasteiger partial charge on any atom is 0.254 e. The van der Waals surface area contributed by atoms with E-state index in [2.05, 4.69) is 10.6 Å². The zero-order valence-corrected chi connectivity index (χ0v) is 18.9. The summed E-state index contributed by atoms with van der Waals surface area (Å²) < 4.78 is 12.8. The lowest BCUT2D eigenvalue weighted by molar-refractivity contribution is 0.0730. The van der Waals surface area contributed by atoms with Crippen LogP contribution >= 0.6 is 0 Å². The van der Waals surface area contributed by atoms with Crippen molar-refractivity contribution in [2.45, 2.75) is 31.7 Å². The topological polar surface area (TPSA) is 93.6 Å². The summed E-state index contributed by atoms with van der Waals surface area (Å²) in [7, 11) is 5.21. The molecule has 1 atom stereocenters. The van der Waals surface area contributed by atoms with Gasteiger partial charge in [0.1, 0.15) is 5.84 Å². The first-order valence-electron chi connectivity index (χ1n) is 10.9. The second-order valence-corrected chi connectivity index (χ2v) is 8.28. The molecule has 1 fully saturated rings. The van der Waals surface area contributed by atoms with Gasteiger partial charge in [-0.3, -0.25) is 10.2 Å². The molecule has 1 aromatic heterocycles. The Bertz CT molecular complexity index is 1170. The minimum absolute atomic E-state index is 0.0385. The van der Waals surface area contributed by atoms with Crippen LogP contribution in [0.1, 0.15) is 40.9 Å². The van der Waals surface area contributed by atoms with Gasteiger partial charge in [0, 0.05) is 42.0 Å². The van der Waals surface area contributed by atoms with Gasteiger partial charge in [0.2, 0.25) is 0 Å². The number of carbonyl (C=O) groups is 1. The Morgan fingerprint density at radius 3 is 2.56 bits per heavy atom. The van der Waals surface area contributed by atoms with E-state index in [0.29, 0.717) is 17.1 Å². The third kappa shape index (κ3) is 4.02. The first-order chi connectivity index (χ1) is 15.4. The van der Waals surface area contributed by atoms with E-state index in [4.69, 9.17) is 20.6 Å². The first kappa shape index (κ1) is 21.7. The molecule has 1 aliphatic heterocycles. The van der Waals surface area contributed by atoms with Gasteiger partial charge in [-0.1, -0.05) is 12.1 Å². The highest BCUT2D eigenvalue weighted by atomic mass is 16.5. The molecule has 168 valence electrons. The summed E-state index contributed by atoms with van der Waals surface area (Å²) in [6, 6.07) is 13.6. The van der Waals surface area contributed by atoms with Crippen molar-refractivity contribution in [3.05, 3.63) is 59.3 Å². The Kier molecular flexibility index (Phi) is 6.08. The lowest BCUT2D eigenvalue weighted by atomic mass is 10.1. The molecule has 1 aliphatic rings. The molecule has 2 heterocycles. The number of nitrogen functional groups attached to an aromatic ring is 1. The normalized spacial score (nSPS) is 15.8. The second-order valence-electron chi connectivity index (χ2n) is 8.28. The van der Waals surface area contributed by atoms with Gasteiger partial charge < -0.3 is 24.7 Å². The van der Waals surface area contributed by atoms with Gasteiger partial charge in [-0.25, -0.2) is 0 Å². The highest BCUT2D eigenvalue weighted by molar-refractivity contribution is 5.98.